The molecule has 0 radical (unpaired) electrons. The summed E-state index contributed by atoms with van der Waals surface area (Å²) < 4.78 is 50.5. The fraction of sp³-hybridized carbons (Fsp3) is 0.571. The first kappa shape index (κ1) is 28.0. The molecular weight excluding hydrogens is 492 g/mol. The van der Waals surface area contributed by atoms with Gasteiger partial charge in [0.05, 0.1) is 44.0 Å². The van der Waals surface area contributed by atoms with Crippen molar-refractivity contribution >= 4 is 10.0 Å². The number of nitrogens with one attached hydrogen (secondary N) is 1. The maximum atomic E-state index is 12.7. The standard InChI is InChI=1S/C28H40N2O6S/c1-2-33-18-19-35-21-20-34-17-14-29-37(31,32)25-12-10-24(11-13-25)36-28-26-9-5-4-8-23(26)22-27(28)30-15-6-3-7-16-30/h4-5,8-13,27-29H,2-3,6-7,14-22H2,1H3/t27-,28-/m0/s1. The molecule has 1 aliphatic carbocycles. The van der Waals surface area contributed by atoms with E-state index in [1.165, 1.54) is 30.4 Å². The predicted molar refractivity (Wildman–Crippen MR) is 142 cm³/mol. The van der Waals surface area contributed by atoms with E-state index in [0.29, 0.717) is 44.8 Å². The minimum Gasteiger partial charge on any atom is -0.484 e. The van der Waals surface area contributed by atoms with Crippen molar-refractivity contribution in [3.05, 3.63) is 59.7 Å². The van der Waals surface area contributed by atoms with Gasteiger partial charge in [-0.25, -0.2) is 13.1 Å². The van der Waals surface area contributed by atoms with Gasteiger partial charge < -0.3 is 18.9 Å². The molecule has 1 fully saturated rings. The van der Waals surface area contributed by atoms with E-state index in [-0.39, 0.29) is 24.2 Å². The summed E-state index contributed by atoms with van der Waals surface area (Å²) in [4.78, 5) is 2.77. The second-order valence-corrected chi connectivity index (χ2v) is 11.2. The van der Waals surface area contributed by atoms with Crippen LogP contribution < -0.4 is 9.46 Å². The number of nitrogens with zero attached hydrogens (tertiary/aromatic N) is 1. The molecular formula is C28H40N2O6S. The van der Waals surface area contributed by atoms with Crippen LogP contribution in [0.1, 0.15) is 43.4 Å². The summed E-state index contributed by atoms with van der Waals surface area (Å²) in [7, 11) is -3.63. The molecule has 204 valence electrons. The van der Waals surface area contributed by atoms with E-state index in [2.05, 4.69) is 33.9 Å². The first-order chi connectivity index (χ1) is 18.1. The summed E-state index contributed by atoms with van der Waals surface area (Å²) in [6.07, 6.45) is 4.67. The van der Waals surface area contributed by atoms with Crippen LogP contribution in [0.25, 0.3) is 0 Å². The molecule has 0 amide bonds. The molecule has 0 unspecified atom stereocenters. The van der Waals surface area contributed by atoms with Gasteiger partial charge in [0.2, 0.25) is 10.0 Å². The minimum atomic E-state index is -3.63. The zero-order valence-corrected chi connectivity index (χ0v) is 22.6. The van der Waals surface area contributed by atoms with E-state index in [1.54, 1.807) is 24.3 Å². The Labute approximate surface area is 221 Å². The number of rotatable bonds is 15. The number of piperidine rings is 1. The molecule has 2 aromatic carbocycles. The molecule has 1 aliphatic heterocycles. The molecule has 8 nitrogen and oxygen atoms in total. The fourth-order valence-electron chi connectivity index (χ4n) is 5.01. The van der Waals surface area contributed by atoms with Gasteiger partial charge in [0.15, 0.2) is 0 Å². The molecule has 1 N–H and O–H groups in total. The molecule has 1 heterocycles. The van der Waals surface area contributed by atoms with Gasteiger partial charge in [-0.05, 0) is 74.7 Å². The highest BCUT2D eigenvalue weighted by atomic mass is 32.2. The van der Waals surface area contributed by atoms with E-state index < -0.39 is 10.0 Å². The number of ether oxygens (including phenoxy) is 4. The maximum Gasteiger partial charge on any atom is 0.240 e. The summed E-state index contributed by atoms with van der Waals surface area (Å²) in [5.74, 6) is 0.676. The topological polar surface area (TPSA) is 86.3 Å². The zero-order chi connectivity index (χ0) is 25.9. The third-order valence-corrected chi connectivity index (χ3v) is 8.36. The lowest BCUT2D eigenvalue weighted by molar-refractivity contribution is 0.0181. The minimum absolute atomic E-state index is 0.0600. The molecule has 1 saturated heterocycles. The SMILES string of the molecule is CCOCCOCCOCCNS(=O)(=O)c1ccc(O[C@H]2c3ccccc3C[C@@H]2N2CCCCC2)cc1. The van der Waals surface area contributed by atoms with Crippen molar-refractivity contribution in [2.45, 2.75) is 49.6 Å². The van der Waals surface area contributed by atoms with Crippen LogP contribution in [0, 0.1) is 0 Å². The average molecular weight is 533 g/mol. The molecule has 0 saturated carbocycles. The van der Waals surface area contributed by atoms with Crippen molar-refractivity contribution in [2.75, 3.05) is 59.3 Å². The Hall–Kier alpha value is -2.01. The Morgan fingerprint density at radius 2 is 1.54 bits per heavy atom. The van der Waals surface area contributed by atoms with Crippen LogP contribution >= 0.6 is 0 Å². The smallest absolute Gasteiger partial charge is 0.240 e. The van der Waals surface area contributed by atoms with E-state index in [9.17, 15) is 8.42 Å². The van der Waals surface area contributed by atoms with Crippen molar-refractivity contribution in [3.63, 3.8) is 0 Å². The predicted octanol–water partition coefficient (Wildman–Crippen LogP) is 3.57. The molecule has 0 aromatic heterocycles. The lowest BCUT2D eigenvalue weighted by atomic mass is 10.0. The largest absolute Gasteiger partial charge is 0.484 e. The first-order valence-corrected chi connectivity index (χ1v) is 14.9. The van der Waals surface area contributed by atoms with Gasteiger partial charge in [-0.15, -0.1) is 0 Å². The number of benzene rings is 2. The fourth-order valence-corrected chi connectivity index (χ4v) is 6.02. The third kappa shape index (κ3) is 7.99. The third-order valence-electron chi connectivity index (χ3n) is 6.88. The Kier molecular flexibility index (Phi) is 10.8. The van der Waals surface area contributed by atoms with E-state index in [1.807, 2.05) is 6.92 Å². The molecule has 2 aliphatic rings. The van der Waals surface area contributed by atoms with Crippen molar-refractivity contribution in [3.8, 4) is 5.75 Å². The molecule has 9 heteroatoms. The van der Waals surface area contributed by atoms with Crippen LogP contribution in [-0.4, -0.2) is 78.6 Å². The second kappa shape index (κ2) is 14.2. The molecule has 2 atom stereocenters. The van der Waals surface area contributed by atoms with Gasteiger partial charge in [0.25, 0.3) is 0 Å². The highest BCUT2D eigenvalue weighted by Crippen LogP contribution is 2.39. The van der Waals surface area contributed by atoms with Crippen LogP contribution in [0.2, 0.25) is 0 Å². The van der Waals surface area contributed by atoms with Gasteiger partial charge in [-0.2, -0.15) is 0 Å². The molecule has 4 rings (SSSR count). The van der Waals surface area contributed by atoms with Crippen LogP contribution in [0.15, 0.2) is 53.4 Å². The first-order valence-electron chi connectivity index (χ1n) is 13.4. The van der Waals surface area contributed by atoms with Crippen molar-refractivity contribution in [1.29, 1.82) is 0 Å². The number of hydrogen-bond acceptors (Lipinski definition) is 7. The maximum absolute atomic E-state index is 12.7. The lowest BCUT2D eigenvalue weighted by Gasteiger charge is -2.35. The highest BCUT2D eigenvalue weighted by Gasteiger charge is 2.38. The molecule has 37 heavy (non-hydrogen) atoms. The second-order valence-electron chi connectivity index (χ2n) is 9.40. The quantitative estimate of drug-likeness (QED) is 0.351. The molecule has 0 spiro atoms. The van der Waals surface area contributed by atoms with E-state index >= 15 is 0 Å². The zero-order valence-electron chi connectivity index (χ0n) is 21.8. The Morgan fingerprint density at radius 3 is 2.27 bits per heavy atom. The number of likely N-dealkylation sites (tertiary alicyclic amines) is 1. The van der Waals surface area contributed by atoms with Crippen LogP contribution in [-0.2, 0) is 30.7 Å². The molecule has 2 aromatic rings. The summed E-state index contributed by atoms with van der Waals surface area (Å²) in [6.45, 7) is 7.22. The van der Waals surface area contributed by atoms with Crippen LogP contribution in [0.5, 0.6) is 5.75 Å². The Morgan fingerprint density at radius 1 is 0.865 bits per heavy atom. The lowest BCUT2D eigenvalue weighted by Crippen LogP contribution is -2.43. The number of fused-ring (bicyclic) bond motifs is 1. The number of sulfonamides is 1. The highest BCUT2D eigenvalue weighted by molar-refractivity contribution is 7.89. The van der Waals surface area contributed by atoms with Crippen LogP contribution in [0.4, 0.5) is 0 Å². The Balaban J connectivity index is 1.27. The van der Waals surface area contributed by atoms with Gasteiger partial charge in [-0.1, -0.05) is 30.7 Å². The van der Waals surface area contributed by atoms with Gasteiger partial charge >= 0.3 is 0 Å². The summed E-state index contributed by atoms with van der Waals surface area (Å²) in [5.41, 5.74) is 2.57. The Bertz CT molecular complexity index is 1060. The number of hydrogen-bond donors (Lipinski definition) is 1. The van der Waals surface area contributed by atoms with E-state index in [0.717, 1.165) is 19.5 Å². The van der Waals surface area contributed by atoms with E-state index in [4.69, 9.17) is 18.9 Å². The van der Waals surface area contributed by atoms with Gasteiger partial charge in [-0.3, -0.25) is 4.90 Å². The van der Waals surface area contributed by atoms with Crippen molar-refractivity contribution in [1.82, 2.24) is 9.62 Å². The van der Waals surface area contributed by atoms with Crippen molar-refractivity contribution in [2.24, 2.45) is 0 Å². The molecule has 0 bridgehead atoms. The van der Waals surface area contributed by atoms with Gasteiger partial charge in [0.1, 0.15) is 11.9 Å². The van der Waals surface area contributed by atoms with Crippen LogP contribution in [0.3, 0.4) is 0 Å². The van der Waals surface area contributed by atoms with Crippen molar-refractivity contribution < 1.29 is 27.4 Å². The summed E-state index contributed by atoms with van der Waals surface area (Å²) >= 11 is 0. The summed E-state index contributed by atoms with van der Waals surface area (Å²) in [5, 5.41) is 0. The van der Waals surface area contributed by atoms with Gasteiger partial charge in [0, 0.05) is 13.2 Å². The average Bonchev–Trinajstić information content (AvgIpc) is 3.29. The summed E-state index contributed by atoms with van der Waals surface area (Å²) in [6, 6.07) is 15.5. The normalized spacial score (nSPS) is 20.1. The monoisotopic (exact) mass is 532 g/mol.